The zero-order valence-corrected chi connectivity index (χ0v) is 14.7. The molecule has 0 aliphatic carbocycles. The van der Waals surface area contributed by atoms with Crippen LogP contribution in [0.15, 0.2) is 21.2 Å². The second-order valence-electron chi connectivity index (χ2n) is 4.81. The highest BCUT2D eigenvalue weighted by molar-refractivity contribution is 9.10. The van der Waals surface area contributed by atoms with E-state index in [1.54, 1.807) is 24.0 Å². The average molecular weight is 400 g/mol. The number of nitrogens with zero attached hydrogens (tertiary/aromatic N) is 2. The van der Waals surface area contributed by atoms with Gasteiger partial charge in [-0.05, 0) is 35.0 Å². The smallest absolute Gasteiger partial charge is 0.413 e. The van der Waals surface area contributed by atoms with Crippen LogP contribution < -0.4 is 5.32 Å². The van der Waals surface area contributed by atoms with Gasteiger partial charge in [0.25, 0.3) is 5.91 Å². The lowest BCUT2D eigenvalue weighted by atomic mass is 10.1. The number of carbonyl (C=O) groups excluding carboxylic acids is 2. The molecular formula is C14H14BrN3O4S. The number of nitrogens with one attached hydrogen (secondary N) is 1. The monoisotopic (exact) mass is 399 g/mol. The third kappa shape index (κ3) is 3.56. The summed E-state index contributed by atoms with van der Waals surface area (Å²) in [5, 5.41) is 3.09. The molecule has 0 aromatic carbocycles. The SMILES string of the molecule is CCOC(=O)Nc1nc2c(s1)CN(C(=O)c1ccc(Br)o1)CC2. The van der Waals surface area contributed by atoms with Crippen molar-refractivity contribution in [3.8, 4) is 0 Å². The summed E-state index contributed by atoms with van der Waals surface area (Å²) in [6, 6.07) is 3.33. The van der Waals surface area contributed by atoms with Gasteiger partial charge in [-0.1, -0.05) is 11.3 Å². The van der Waals surface area contributed by atoms with Crippen molar-refractivity contribution in [2.24, 2.45) is 0 Å². The molecular weight excluding hydrogens is 386 g/mol. The van der Waals surface area contributed by atoms with Gasteiger partial charge in [-0.2, -0.15) is 0 Å². The van der Waals surface area contributed by atoms with Crippen LogP contribution in [0.5, 0.6) is 0 Å². The Morgan fingerprint density at radius 2 is 2.35 bits per heavy atom. The van der Waals surface area contributed by atoms with Crippen molar-refractivity contribution in [1.82, 2.24) is 9.88 Å². The molecule has 0 radical (unpaired) electrons. The number of aromatic nitrogens is 1. The lowest BCUT2D eigenvalue weighted by Gasteiger charge is -2.25. The molecule has 2 amide bonds. The lowest BCUT2D eigenvalue weighted by Crippen LogP contribution is -2.35. The summed E-state index contributed by atoms with van der Waals surface area (Å²) in [6.45, 7) is 3.06. The minimum atomic E-state index is -0.521. The van der Waals surface area contributed by atoms with Crippen molar-refractivity contribution in [3.63, 3.8) is 0 Å². The van der Waals surface area contributed by atoms with E-state index in [-0.39, 0.29) is 5.91 Å². The molecule has 0 unspecified atom stereocenters. The lowest BCUT2D eigenvalue weighted by molar-refractivity contribution is 0.0702. The van der Waals surface area contributed by atoms with E-state index < -0.39 is 6.09 Å². The van der Waals surface area contributed by atoms with Gasteiger partial charge in [-0.3, -0.25) is 10.1 Å². The predicted octanol–water partition coefficient (Wildman–Crippen LogP) is 3.27. The highest BCUT2D eigenvalue weighted by Gasteiger charge is 2.26. The average Bonchev–Trinajstić information content (AvgIpc) is 3.11. The van der Waals surface area contributed by atoms with E-state index in [4.69, 9.17) is 9.15 Å². The molecule has 0 saturated heterocycles. The molecule has 0 saturated carbocycles. The number of rotatable bonds is 3. The molecule has 7 nitrogen and oxygen atoms in total. The van der Waals surface area contributed by atoms with Crippen LogP contribution in [-0.2, 0) is 17.7 Å². The Morgan fingerprint density at radius 1 is 1.52 bits per heavy atom. The summed E-state index contributed by atoms with van der Waals surface area (Å²) in [4.78, 5) is 30.9. The van der Waals surface area contributed by atoms with Crippen LogP contribution in [0.4, 0.5) is 9.93 Å². The number of amides is 2. The Morgan fingerprint density at radius 3 is 3.04 bits per heavy atom. The summed E-state index contributed by atoms with van der Waals surface area (Å²) < 4.78 is 10.7. The quantitative estimate of drug-likeness (QED) is 0.855. The van der Waals surface area contributed by atoms with Gasteiger partial charge in [0, 0.05) is 17.8 Å². The molecule has 2 aromatic rings. The van der Waals surface area contributed by atoms with E-state index >= 15 is 0 Å². The first kappa shape index (κ1) is 16.0. The van der Waals surface area contributed by atoms with Crippen LogP contribution in [-0.4, -0.2) is 35.0 Å². The van der Waals surface area contributed by atoms with Crippen LogP contribution in [0.1, 0.15) is 28.0 Å². The Labute approximate surface area is 144 Å². The molecule has 122 valence electrons. The summed E-state index contributed by atoms with van der Waals surface area (Å²) in [6.07, 6.45) is 0.121. The Bertz CT molecular complexity index is 742. The van der Waals surface area contributed by atoms with Crippen molar-refractivity contribution in [2.75, 3.05) is 18.5 Å². The van der Waals surface area contributed by atoms with E-state index in [1.165, 1.54) is 11.3 Å². The van der Waals surface area contributed by atoms with Crippen LogP contribution in [0, 0.1) is 0 Å². The molecule has 3 heterocycles. The maximum absolute atomic E-state index is 12.4. The minimum Gasteiger partial charge on any atom is -0.450 e. The molecule has 9 heteroatoms. The van der Waals surface area contributed by atoms with Crippen LogP contribution >= 0.6 is 27.3 Å². The van der Waals surface area contributed by atoms with E-state index in [9.17, 15) is 9.59 Å². The maximum Gasteiger partial charge on any atom is 0.413 e. The fourth-order valence-corrected chi connectivity index (χ4v) is 3.58. The number of fused-ring (bicyclic) bond motifs is 1. The standard InChI is InChI=1S/C14H14BrN3O4S/c1-2-21-14(20)17-13-16-8-5-6-18(7-10(8)23-13)12(19)9-3-4-11(15)22-9/h3-4H,2,5-7H2,1H3,(H,16,17,20). The summed E-state index contributed by atoms with van der Waals surface area (Å²) in [7, 11) is 0. The van der Waals surface area contributed by atoms with Gasteiger partial charge in [0.05, 0.1) is 18.8 Å². The molecule has 3 rings (SSSR count). The Balaban J connectivity index is 1.69. The topological polar surface area (TPSA) is 84.7 Å². The van der Waals surface area contributed by atoms with Gasteiger partial charge >= 0.3 is 6.09 Å². The van der Waals surface area contributed by atoms with Gasteiger partial charge in [-0.15, -0.1) is 0 Å². The first-order valence-electron chi connectivity index (χ1n) is 7.03. The molecule has 1 aliphatic rings. The van der Waals surface area contributed by atoms with Crippen molar-refractivity contribution in [2.45, 2.75) is 19.9 Å². The van der Waals surface area contributed by atoms with Crippen LogP contribution in [0.3, 0.4) is 0 Å². The summed E-state index contributed by atoms with van der Waals surface area (Å²) in [5.74, 6) is 0.143. The largest absolute Gasteiger partial charge is 0.450 e. The van der Waals surface area contributed by atoms with Gasteiger partial charge in [0.1, 0.15) is 0 Å². The van der Waals surface area contributed by atoms with Crippen molar-refractivity contribution < 1.29 is 18.7 Å². The van der Waals surface area contributed by atoms with Gasteiger partial charge in [0.2, 0.25) is 0 Å². The highest BCUT2D eigenvalue weighted by Crippen LogP contribution is 2.29. The van der Waals surface area contributed by atoms with Crippen LogP contribution in [0.25, 0.3) is 0 Å². The van der Waals surface area contributed by atoms with Gasteiger partial charge in [0.15, 0.2) is 15.6 Å². The fraction of sp³-hybridized carbons (Fsp3) is 0.357. The summed E-state index contributed by atoms with van der Waals surface area (Å²) in [5.41, 5.74) is 0.909. The molecule has 0 fully saturated rings. The predicted molar refractivity (Wildman–Crippen MR) is 87.6 cm³/mol. The molecule has 0 bridgehead atoms. The number of anilines is 1. The number of halogens is 1. The Hall–Kier alpha value is -1.87. The van der Waals surface area contributed by atoms with E-state index in [2.05, 4.69) is 26.2 Å². The second-order valence-corrected chi connectivity index (χ2v) is 6.68. The second kappa shape index (κ2) is 6.71. The molecule has 0 spiro atoms. The molecule has 0 atom stereocenters. The van der Waals surface area contributed by atoms with Crippen molar-refractivity contribution in [3.05, 3.63) is 33.1 Å². The number of ether oxygens (including phenoxy) is 1. The minimum absolute atomic E-state index is 0.158. The van der Waals surface area contributed by atoms with Gasteiger partial charge in [-0.25, -0.2) is 9.78 Å². The normalized spacial score (nSPS) is 13.6. The number of furan rings is 1. The first-order chi connectivity index (χ1) is 11.1. The zero-order valence-electron chi connectivity index (χ0n) is 12.3. The number of thiazole rings is 1. The number of hydrogen-bond donors (Lipinski definition) is 1. The first-order valence-corrected chi connectivity index (χ1v) is 8.64. The van der Waals surface area contributed by atoms with Crippen LogP contribution in [0.2, 0.25) is 0 Å². The molecule has 2 aromatic heterocycles. The van der Waals surface area contributed by atoms with Gasteiger partial charge < -0.3 is 14.1 Å². The van der Waals surface area contributed by atoms with E-state index in [0.717, 1.165) is 10.6 Å². The fourth-order valence-electron chi connectivity index (χ4n) is 2.26. The molecule has 1 N–H and O–H groups in total. The van der Waals surface area contributed by atoms with Crippen molar-refractivity contribution >= 4 is 44.4 Å². The van der Waals surface area contributed by atoms with Crippen molar-refractivity contribution in [1.29, 1.82) is 0 Å². The number of hydrogen-bond acceptors (Lipinski definition) is 6. The molecule has 23 heavy (non-hydrogen) atoms. The zero-order chi connectivity index (χ0) is 16.4. The number of carbonyl (C=O) groups is 2. The maximum atomic E-state index is 12.4. The highest BCUT2D eigenvalue weighted by atomic mass is 79.9. The summed E-state index contributed by atoms with van der Waals surface area (Å²) >= 11 is 4.55. The third-order valence-electron chi connectivity index (χ3n) is 3.29. The molecule has 1 aliphatic heterocycles. The van der Waals surface area contributed by atoms with E-state index in [1.807, 2.05) is 0 Å². The Kier molecular flexibility index (Phi) is 4.67. The third-order valence-corrected chi connectivity index (χ3v) is 4.71. The van der Waals surface area contributed by atoms with E-state index in [0.29, 0.717) is 41.7 Å².